The van der Waals surface area contributed by atoms with Crippen LogP contribution in [0.5, 0.6) is 0 Å². The van der Waals surface area contributed by atoms with Gasteiger partial charge in [-0.05, 0) is 18.1 Å². The maximum Gasteiger partial charge on any atom is 0.407 e. The Balaban J connectivity index is 1.95. The van der Waals surface area contributed by atoms with Crippen LogP contribution in [0.25, 0.3) is 10.9 Å². The number of benzene rings is 1. The van der Waals surface area contributed by atoms with E-state index in [0.29, 0.717) is 19.6 Å². The first-order valence-electron chi connectivity index (χ1n) is 7.73. The molecule has 2 amide bonds. The monoisotopic (exact) mass is 315 g/mol. The summed E-state index contributed by atoms with van der Waals surface area (Å²) in [5.41, 5.74) is 2.15. The topological polar surface area (TPSA) is 65.8 Å². The molecule has 1 N–H and O–H groups in total. The molecule has 122 valence electrons. The van der Waals surface area contributed by atoms with Gasteiger partial charge in [0.25, 0.3) is 0 Å². The molecule has 1 aliphatic rings. The Morgan fingerprint density at radius 1 is 1.30 bits per heavy atom. The lowest BCUT2D eigenvalue weighted by Gasteiger charge is -2.12. The third-order valence-electron chi connectivity index (χ3n) is 4.52. The van der Waals surface area contributed by atoms with Crippen LogP contribution in [0.15, 0.2) is 30.5 Å². The molecule has 1 aromatic carbocycles. The highest BCUT2D eigenvalue weighted by Crippen LogP contribution is 2.33. The van der Waals surface area contributed by atoms with Gasteiger partial charge in [-0.15, -0.1) is 0 Å². The fourth-order valence-electron chi connectivity index (χ4n) is 3.21. The van der Waals surface area contributed by atoms with Crippen LogP contribution in [-0.4, -0.2) is 58.7 Å². The second-order valence-corrected chi connectivity index (χ2v) is 6.23. The third kappa shape index (κ3) is 2.88. The van der Waals surface area contributed by atoms with Crippen molar-refractivity contribution >= 4 is 22.9 Å². The maximum absolute atomic E-state index is 12.0. The minimum absolute atomic E-state index is 0.0379. The SMILES string of the molecule is CN(C)C(=O)Cn1cc(C2CCN(C(=O)O)C2)c2ccccc21. The first kappa shape index (κ1) is 15.4. The lowest BCUT2D eigenvalue weighted by Crippen LogP contribution is -2.26. The summed E-state index contributed by atoms with van der Waals surface area (Å²) in [4.78, 5) is 26.2. The van der Waals surface area contributed by atoms with Crippen LogP contribution in [0.4, 0.5) is 4.79 Å². The van der Waals surface area contributed by atoms with E-state index in [0.717, 1.165) is 22.9 Å². The molecule has 6 heteroatoms. The molecule has 1 unspecified atom stereocenters. The minimum Gasteiger partial charge on any atom is -0.465 e. The lowest BCUT2D eigenvalue weighted by atomic mass is 9.98. The number of para-hydroxylation sites is 1. The maximum atomic E-state index is 12.0. The molecule has 1 saturated heterocycles. The smallest absolute Gasteiger partial charge is 0.407 e. The van der Waals surface area contributed by atoms with E-state index in [1.807, 2.05) is 35.0 Å². The van der Waals surface area contributed by atoms with Crippen molar-refractivity contribution in [3.05, 3.63) is 36.0 Å². The summed E-state index contributed by atoms with van der Waals surface area (Å²) in [6.45, 7) is 1.38. The molecule has 0 saturated carbocycles. The molecular weight excluding hydrogens is 294 g/mol. The van der Waals surface area contributed by atoms with Crippen LogP contribution in [-0.2, 0) is 11.3 Å². The number of likely N-dealkylation sites (N-methyl/N-ethyl adjacent to an activating group) is 1. The van der Waals surface area contributed by atoms with Crippen molar-refractivity contribution in [3.63, 3.8) is 0 Å². The number of hydrogen-bond acceptors (Lipinski definition) is 2. The fourth-order valence-corrected chi connectivity index (χ4v) is 3.21. The largest absolute Gasteiger partial charge is 0.465 e. The van der Waals surface area contributed by atoms with Crippen LogP contribution in [0.3, 0.4) is 0 Å². The Morgan fingerprint density at radius 3 is 2.70 bits per heavy atom. The van der Waals surface area contributed by atoms with E-state index in [9.17, 15) is 9.59 Å². The van der Waals surface area contributed by atoms with Crippen molar-refractivity contribution in [3.8, 4) is 0 Å². The van der Waals surface area contributed by atoms with Crippen molar-refractivity contribution in [2.75, 3.05) is 27.2 Å². The first-order chi connectivity index (χ1) is 11.0. The molecule has 1 atom stereocenters. The predicted octanol–water partition coefficient (Wildman–Crippen LogP) is 2.20. The number of carbonyl (C=O) groups excluding carboxylic acids is 1. The summed E-state index contributed by atoms with van der Waals surface area (Å²) in [5.74, 6) is 0.225. The van der Waals surface area contributed by atoms with Crippen LogP contribution >= 0.6 is 0 Å². The van der Waals surface area contributed by atoms with Crippen molar-refractivity contribution in [2.45, 2.75) is 18.9 Å². The zero-order valence-corrected chi connectivity index (χ0v) is 13.4. The summed E-state index contributed by atoms with van der Waals surface area (Å²) in [7, 11) is 3.49. The zero-order chi connectivity index (χ0) is 16.6. The number of aromatic nitrogens is 1. The minimum atomic E-state index is -0.862. The molecule has 3 rings (SSSR count). The molecule has 2 heterocycles. The Hall–Kier alpha value is -2.50. The van der Waals surface area contributed by atoms with Crippen molar-refractivity contribution in [1.82, 2.24) is 14.4 Å². The van der Waals surface area contributed by atoms with E-state index in [-0.39, 0.29) is 11.8 Å². The lowest BCUT2D eigenvalue weighted by molar-refractivity contribution is -0.129. The number of fused-ring (bicyclic) bond motifs is 1. The van der Waals surface area contributed by atoms with E-state index >= 15 is 0 Å². The highest BCUT2D eigenvalue weighted by atomic mass is 16.4. The molecule has 0 aliphatic carbocycles. The van der Waals surface area contributed by atoms with Crippen LogP contribution < -0.4 is 0 Å². The number of hydrogen-bond donors (Lipinski definition) is 1. The molecule has 1 aliphatic heterocycles. The van der Waals surface area contributed by atoms with E-state index < -0.39 is 6.09 Å². The van der Waals surface area contributed by atoms with Gasteiger partial charge in [-0.2, -0.15) is 0 Å². The Bertz CT molecular complexity index is 751. The Kier molecular flexibility index (Phi) is 3.98. The van der Waals surface area contributed by atoms with E-state index in [4.69, 9.17) is 5.11 Å². The Morgan fingerprint density at radius 2 is 2.04 bits per heavy atom. The molecule has 2 aromatic rings. The van der Waals surface area contributed by atoms with Gasteiger partial charge in [0.15, 0.2) is 0 Å². The first-order valence-corrected chi connectivity index (χ1v) is 7.73. The third-order valence-corrected chi connectivity index (χ3v) is 4.52. The van der Waals surface area contributed by atoms with Crippen molar-refractivity contribution in [1.29, 1.82) is 0 Å². The van der Waals surface area contributed by atoms with Crippen LogP contribution in [0.2, 0.25) is 0 Å². The van der Waals surface area contributed by atoms with E-state index in [1.165, 1.54) is 4.90 Å². The number of nitrogens with zero attached hydrogens (tertiary/aromatic N) is 3. The summed E-state index contributed by atoms with van der Waals surface area (Å²) in [6, 6.07) is 7.99. The molecule has 1 fully saturated rings. The van der Waals surface area contributed by atoms with Gasteiger partial charge in [-0.3, -0.25) is 4.79 Å². The summed E-state index contributed by atoms with van der Waals surface area (Å²) in [5, 5.41) is 10.3. The average Bonchev–Trinajstić information content (AvgIpc) is 3.12. The average molecular weight is 315 g/mol. The van der Waals surface area contributed by atoms with Gasteiger partial charge in [-0.25, -0.2) is 4.79 Å². The molecular formula is C17H21N3O3. The second kappa shape index (κ2) is 5.95. The number of likely N-dealkylation sites (tertiary alicyclic amines) is 1. The van der Waals surface area contributed by atoms with Gasteiger partial charge in [0, 0.05) is 50.2 Å². The van der Waals surface area contributed by atoms with Gasteiger partial charge in [0.05, 0.1) is 0 Å². The summed E-state index contributed by atoms with van der Waals surface area (Å²) in [6.07, 6.45) is 1.98. The molecule has 6 nitrogen and oxygen atoms in total. The van der Waals surface area contributed by atoms with Gasteiger partial charge < -0.3 is 19.5 Å². The van der Waals surface area contributed by atoms with Gasteiger partial charge in [0.1, 0.15) is 6.54 Å². The summed E-state index contributed by atoms with van der Waals surface area (Å²) < 4.78 is 1.97. The molecule has 0 radical (unpaired) electrons. The standard InChI is InChI=1S/C17H21N3O3/c1-18(2)16(21)11-20-10-14(13-5-3-4-6-15(13)20)12-7-8-19(9-12)17(22)23/h3-6,10,12H,7-9,11H2,1-2H3,(H,22,23). The molecule has 0 bridgehead atoms. The van der Waals surface area contributed by atoms with Gasteiger partial charge in [-0.1, -0.05) is 18.2 Å². The van der Waals surface area contributed by atoms with E-state index in [1.54, 1.807) is 19.0 Å². The predicted molar refractivity (Wildman–Crippen MR) is 87.6 cm³/mol. The van der Waals surface area contributed by atoms with Gasteiger partial charge >= 0.3 is 6.09 Å². The van der Waals surface area contributed by atoms with Gasteiger partial charge in [0.2, 0.25) is 5.91 Å². The van der Waals surface area contributed by atoms with E-state index in [2.05, 4.69) is 0 Å². The number of rotatable bonds is 3. The quantitative estimate of drug-likeness (QED) is 0.944. The fraction of sp³-hybridized carbons (Fsp3) is 0.412. The second-order valence-electron chi connectivity index (χ2n) is 6.23. The molecule has 1 aromatic heterocycles. The molecule has 0 spiro atoms. The zero-order valence-electron chi connectivity index (χ0n) is 13.4. The molecule has 23 heavy (non-hydrogen) atoms. The normalized spacial score (nSPS) is 17.7. The van der Waals surface area contributed by atoms with Crippen molar-refractivity contribution < 1.29 is 14.7 Å². The summed E-state index contributed by atoms with van der Waals surface area (Å²) >= 11 is 0. The number of carboxylic acid groups (broad SMARTS) is 1. The van der Waals surface area contributed by atoms with Crippen molar-refractivity contribution in [2.24, 2.45) is 0 Å². The highest BCUT2D eigenvalue weighted by molar-refractivity contribution is 5.86. The highest BCUT2D eigenvalue weighted by Gasteiger charge is 2.29. The number of carbonyl (C=O) groups is 2. The van der Waals surface area contributed by atoms with Crippen LogP contribution in [0, 0.1) is 0 Å². The number of amides is 2. The van der Waals surface area contributed by atoms with Crippen LogP contribution in [0.1, 0.15) is 17.9 Å². The Labute approximate surface area is 134 Å².